The summed E-state index contributed by atoms with van der Waals surface area (Å²) < 4.78 is 17.0. The molecule has 2 aromatic rings. The van der Waals surface area contributed by atoms with Gasteiger partial charge in [-0.3, -0.25) is 14.5 Å². The average Bonchev–Trinajstić information content (AvgIpc) is 3.16. The third-order valence-electron chi connectivity index (χ3n) is 5.63. The minimum absolute atomic E-state index is 0.134. The quantitative estimate of drug-likeness (QED) is 0.216. The molecule has 37 heavy (non-hydrogen) atoms. The smallest absolute Gasteiger partial charge is 0.333 e. The van der Waals surface area contributed by atoms with Crippen LogP contribution in [0.3, 0.4) is 0 Å². The Morgan fingerprint density at radius 1 is 1.16 bits per heavy atom. The predicted octanol–water partition coefficient (Wildman–Crippen LogP) is 4.82. The van der Waals surface area contributed by atoms with E-state index < -0.39 is 17.9 Å². The first-order chi connectivity index (χ1) is 17.7. The molecule has 0 spiro atoms. The molecule has 0 N–H and O–H groups in total. The van der Waals surface area contributed by atoms with Crippen molar-refractivity contribution < 1.29 is 28.6 Å². The van der Waals surface area contributed by atoms with Gasteiger partial charge in [-0.15, -0.1) is 0 Å². The van der Waals surface area contributed by atoms with Gasteiger partial charge in [0.05, 0.1) is 23.6 Å². The van der Waals surface area contributed by atoms with Gasteiger partial charge >= 0.3 is 5.97 Å². The van der Waals surface area contributed by atoms with E-state index >= 15 is 0 Å². The first kappa shape index (κ1) is 28.7. The Hall–Kier alpha value is -2.89. The van der Waals surface area contributed by atoms with E-state index in [2.05, 4.69) is 15.9 Å². The molecule has 1 saturated heterocycles. The maximum Gasteiger partial charge on any atom is 0.333 e. The van der Waals surface area contributed by atoms with Gasteiger partial charge in [-0.1, -0.05) is 54.3 Å². The molecule has 1 aliphatic rings. The molecule has 1 heterocycles. The fourth-order valence-electron chi connectivity index (χ4n) is 3.76. The van der Waals surface area contributed by atoms with Gasteiger partial charge in [0.2, 0.25) is 0 Å². The number of hydrogen-bond donors (Lipinski definition) is 0. The number of carbonyl (C=O) groups is 3. The lowest BCUT2D eigenvalue weighted by Gasteiger charge is -2.24. The normalized spacial score (nSPS) is 15.1. The molecular weight excluding hydrogens is 580 g/mol. The van der Waals surface area contributed by atoms with Crippen molar-refractivity contribution in [3.8, 4) is 11.5 Å². The lowest BCUT2D eigenvalue weighted by molar-refractivity contribution is -0.148. The summed E-state index contributed by atoms with van der Waals surface area (Å²) >= 11 is 10.1. The van der Waals surface area contributed by atoms with Crippen LogP contribution in [0.25, 0.3) is 6.08 Å². The molecule has 0 radical (unpaired) electrons. The van der Waals surface area contributed by atoms with Crippen molar-refractivity contribution in [3.05, 3.63) is 63.0 Å². The van der Waals surface area contributed by atoms with Gasteiger partial charge in [0.15, 0.2) is 24.1 Å². The Morgan fingerprint density at radius 2 is 1.84 bits per heavy atom. The topological polar surface area (TPSA) is 85.4 Å². The number of thiocarbonyl (C=S) groups is 1. The number of benzene rings is 2. The van der Waals surface area contributed by atoms with Gasteiger partial charge in [0, 0.05) is 13.1 Å². The molecule has 1 aliphatic heterocycles. The van der Waals surface area contributed by atoms with Crippen molar-refractivity contribution in [2.24, 2.45) is 0 Å². The number of hydrogen-bond acceptors (Lipinski definition) is 8. The van der Waals surface area contributed by atoms with Crippen LogP contribution in [0, 0.1) is 0 Å². The van der Waals surface area contributed by atoms with Crippen LogP contribution < -0.4 is 9.47 Å². The zero-order valence-electron chi connectivity index (χ0n) is 20.9. The van der Waals surface area contributed by atoms with Gasteiger partial charge in [0.25, 0.3) is 11.8 Å². The molecule has 0 aromatic heterocycles. The van der Waals surface area contributed by atoms with Gasteiger partial charge in [0.1, 0.15) is 4.32 Å². The van der Waals surface area contributed by atoms with Crippen LogP contribution in [0.1, 0.15) is 31.0 Å². The molecule has 3 rings (SSSR count). The zero-order chi connectivity index (χ0) is 27.1. The van der Waals surface area contributed by atoms with Crippen LogP contribution in [0.4, 0.5) is 0 Å². The monoisotopic (exact) mass is 606 g/mol. The van der Waals surface area contributed by atoms with Crippen LogP contribution in [-0.4, -0.2) is 65.8 Å². The summed E-state index contributed by atoms with van der Waals surface area (Å²) in [6, 6.07) is 11.3. The number of nitrogens with zero attached hydrogens (tertiary/aromatic N) is 2. The number of halogens is 1. The number of carbonyl (C=O) groups excluding carboxylic acids is 3. The number of likely N-dealkylation sites (N-methyl/N-ethyl adjacent to an activating group) is 1. The van der Waals surface area contributed by atoms with Crippen molar-refractivity contribution in [1.82, 2.24) is 9.80 Å². The molecule has 0 saturated carbocycles. The van der Waals surface area contributed by atoms with Gasteiger partial charge in [-0.2, -0.15) is 0 Å². The van der Waals surface area contributed by atoms with Gasteiger partial charge in [-0.25, -0.2) is 4.79 Å². The Morgan fingerprint density at radius 3 is 2.43 bits per heavy atom. The molecule has 1 fully saturated rings. The highest BCUT2D eigenvalue weighted by Gasteiger charge is 2.41. The summed E-state index contributed by atoms with van der Waals surface area (Å²) in [7, 11) is 2.76. The molecule has 196 valence electrons. The number of methoxy groups -OCH3 is 2. The maximum atomic E-state index is 13.4. The summed E-state index contributed by atoms with van der Waals surface area (Å²) in [5.41, 5.74) is 1.23. The van der Waals surface area contributed by atoms with Gasteiger partial charge in [-0.05, 0) is 59.1 Å². The minimum Gasteiger partial charge on any atom is -0.493 e. The van der Waals surface area contributed by atoms with Crippen molar-refractivity contribution in [3.63, 3.8) is 0 Å². The zero-order valence-corrected chi connectivity index (χ0v) is 24.1. The first-order valence-corrected chi connectivity index (χ1v) is 13.4. The summed E-state index contributed by atoms with van der Waals surface area (Å²) in [5.74, 6) is -0.364. The summed E-state index contributed by atoms with van der Waals surface area (Å²) in [6.07, 6.45) is 1.66. The second-order valence-electron chi connectivity index (χ2n) is 7.78. The highest BCUT2D eigenvalue weighted by atomic mass is 79.9. The highest BCUT2D eigenvalue weighted by Crippen LogP contribution is 2.41. The van der Waals surface area contributed by atoms with E-state index in [4.69, 9.17) is 26.4 Å². The predicted molar refractivity (Wildman–Crippen MR) is 150 cm³/mol. The Labute approximate surface area is 234 Å². The molecule has 0 aliphatic carbocycles. The summed E-state index contributed by atoms with van der Waals surface area (Å²) in [5, 5.41) is 0. The van der Waals surface area contributed by atoms with Crippen LogP contribution in [0.5, 0.6) is 11.5 Å². The largest absolute Gasteiger partial charge is 0.493 e. The van der Waals surface area contributed by atoms with E-state index in [1.807, 2.05) is 19.9 Å². The van der Waals surface area contributed by atoms with Crippen LogP contribution >= 0.6 is 39.9 Å². The number of ether oxygens (including phenoxy) is 3. The fourth-order valence-corrected chi connectivity index (χ4v) is 5.64. The third-order valence-corrected chi connectivity index (χ3v) is 7.55. The van der Waals surface area contributed by atoms with Crippen molar-refractivity contribution in [1.29, 1.82) is 0 Å². The van der Waals surface area contributed by atoms with Crippen LogP contribution in [0.2, 0.25) is 0 Å². The molecule has 1 atom stereocenters. The second kappa shape index (κ2) is 13.1. The number of rotatable bonds is 10. The summed E-state index contributed by atoms with van der Waals surface area (Å²) in [4.78, 5) is 41.7. The molecule has 0 bridgehead atoms. The molecule has 8 nitrogen and oxygen atoms in total. The Kier molecular flexibility index (Phi) is 10.1. The SMILES string of the molecule is CCN(CC)C(=O)COc1c(Br)cc(/C=C2/SC(=S)N(C(C(=O)OC)c3ccccc3)C2=O)cc1OC. The molecule has 2 aromatic carbocycles. The van der Waals surface area contributed by atoms with Crippen LogP contribution in [-0.2, 0) is 19.1 Å². The van der Waals surface area contributed by atoms with Crippen LogP contribution in [0.15, 0.2) is 51.8 Å². The van der Waals surface area contributed by atoms with E-state index in [-0.39, 0.29) is 16.8 Å². The standard InChI is InChI=1S/C26H27BrN2O6S2/c1-5-28(6-2)21(30)15-35-23-18(27)12-16(13-19(23)33-3)14-20-24(31)29(26(36)37-20)22(25(32)34-4)17-10-8-7-9-11-17/h7-14,22H,5-6,15H2,1-4H3/b20-14+. The molecule has 11 heteroatoms. The van der Waals surface area contributed by atoms with Crippen molar-refractivity contribution in [2.75, 3.05) is 33.9 Å². The van der Waals surface area contributed by atoms with Crippen molar-refractivity contribution in [2.45, 2.75) is 19.9 Å². The second-order valence-corrected chi connectivity index (χ2v) is 10.3. The number of esters is 1. The van der Waals surface area contributed by atoms with Gasteiger partial charge < -0.3 is 19.1 Å². The van der Waals surface area contributed by atoms with Crippen molar-refractivity contribution >= 4 is 68.1 Å². The summed E-state index contributed by atoms with van der Waals surface area (Å²) in [6.45, 7) is 4.86. The third kappa shape index (κ3) is 6.52. The lowest BCUT2D eigenvalue weighted by Crippen LogP contribution is -2.37. The first-order valence-electron chi connectivity index (χ1n) is 11.4. The minimum atomic E-state index is -0.995. The van der Waals surface area contributed by atoms with E-state index in [1.165, 1.54) is 19.1 Å². The molecule has 1 unspecified atom stereocenters. The van der Waals surface area contributed by atoms with E-state index in [1.54, 1.807) is 47.4 Å². The lowest BCUT2D eigenvalue weighted by atomic mass is 10.1. The van der Waals surface area contributed by atoms with E-state index in [0.717, 1.165) is 11.8 Å². The molecular formula is C26H27BrN2O6S2. The van der Waals surface area contributed by atoms with E-state index in [0.29, 0.717) is 45.1 Å². The average molecular weight is 608 g/mol. The highest BCUT2D eigenvalue weighted by molar-refractivity contribution is 9.10. The van der Waals surface area contributed by atoms with E-state index in [9.17, 15) is 14.4 Å². The number of thioether (sulfide) groups is 1. The fraction of sp³-hybridized carbons (Fsp3) is 0.308. The molecule has 2 amide bonds. The Balaban J connectivity index is 1.88. The Bertz CT molecular complexity index is 1220. The maximum absolute atomic E-state index is 13.4. The number of amides is 2.